The molecule has 4 rings (SSSR count). The molecule has 0 aromatic carbocycles. The number of thiophene rings is 1. The lowest BCUT2D eigenvalue weighted by Crippen LogP contribution is -2.29. The average molecular weight is 400 g/mol. The molecule has 0 bridgehead atoms. The molecule has 0 spiro atoms. The van der Waals surface area contributed by atoms with Crippen LogP contribution in [0.4, 0.5) is 5.00 Å². The molecule has 1 aliphatic heterocycles. The Bertz CT molecular complexity index is 844. The Hall–Kier alpha value is -2.25. The first-order valence-corrected chi connectivity index (χ1v) is 10.8. The fourth-order valence-corrected chi connectivity index (χ4v) is 5.11. The van der Waals surface area contributed by atoms with Crippen LogP contribution in [0.5, 0.6) is 0 Å². The number of fused-ring (bicyclic) bond motifs is 1. The number of pyridine rings is 1. The van der Waals surface area contributed by atoms with Crippen LogP contribution in [0.1, 0.15) is 58.5 Å². The van der Waals surface area contributed by atoms with Gasteiger partial charge in [0.15, 0.2) is 0 Å². The van der Waals surface area contributed by atoms with Crippen molar-refractivity contribution < 1.29 is 14.3 Å². The van der Waals surface area contributed by atoms with E-state index in [2.05, 4.69) is 15.6 Å². The molecular weight excluding hydrogens is 374 g/mol. The highest BCUT2D eigenvalue weighted by Crippen LogP contribution is 2.38. The number of anilines is 1. The van der Waals surface area contributed by atoms with Crippen molar-refractivity contribution >= 4 is 28.2 Å². The van der Waals surface area contributed by atoms with E-state index in [4.69, 9.17) is 4.74 Å². The van der Waals surface area contributed by atoms with E-state index in [1.165, 1.54) is 11.3 Å². The van der Waals surface area contributed by atoms with Crippen molar-refractivity contribution in [1.82, 2.24) is 10.3 Å². The minimum atomic E-state index is -0.409. The topological polar surface area (TPSA) is 80.3 Å². The summed E-state index contributed by atoms with van der Waals surface area (Å²) in [5.74, 6) is -0.277. The van der Waals surface area contributed by atoms with Gasteiger partial charge in [-0.3, -0.25) is 14.6 Å². The average Bonchev–Trinajstić information content (AvgIpc) is 3.30. The normalized spacial score (nSPS) is 18.9. The van der Waals surface area contributed by atoms with Crippen LogP contribution in [-0.2, 0) is 28.9 Å². The minimum Gasteiger partial charge on any atom is -0.368 e. The van der Waals surface area contributed by atoms with Crippen LogP contribution in [0.15, 0.2) is 24.5 Å². The van der Waals surface area contributed by atoms with Crippen molar-refractivity contribution in [2.45, 2.75) is 57.6 Å². The van der Waals surface area contributed by atoms with Crippen molar-refractivity contribution in [2.24, 2.45) is 0 Å². The molecule has 1 fully saturated rings. The highest BCUT2D eigenvalue weighted by Gasteiger charge is 2.29. The fourth-order valence-electron chi connectivity index (χ4n) is 3.82. The number of carbonyl (C=O) groups is 2. The molecule has 2 amide bonds. The second-order valence-electron chi connectivity index (χ2n) is 7.30. The minimum absolute atomic E-state index is 0.133. The monoisotopic (exact) mass is 399 g/mol. The Morgan fingerprint density at radius 3 is 2.89 bits per heavy atom. The van der Waals surface area contributed by atoms with Crippen LogP contribution in [0.25, 0.3) is 0 Å². The lowest BCUT2D eigenvalue weighted by atomic mass is 10.0. The number of carbonyl (C=O) groups excluding carboxylic acids is 2. The van der Waals surface area contributed by atoms with Gasteiger partial charge in [0.25, 0.3) is 11.8 Å². The second kappa shape index (κ2) is 8.84. The van der Waals surface area contributed by atoms with Gasteiger partial charge in [-0.2, -0.15) is 0 Å². The maximum absolute atomic E-state index is 13.1. The molecule has 148 valence electrons. The molecule has 0 unspecified atom stereocenters. The molecule has 28 heavy (non-hydrogen) atoms. The number of aromatic nitrogens is 1. The molecule has 3 heterocycles. The van der Waals surface area contributed by atoms with Crippen molar-refractivity contribution in [3.63, 3.8) is 0 Å². The van der Waals surface area contributed by atoms with Crippen LogP contribution >= 0.6 is 11.3 Å². The third kappa shape index (κ3) is 4.25. The lowest BCUT2D eigenvalue weighted by molar-refractivity contribution is -0.124. The van der Waals surface area contributed by atoms with E-state index in [1.54, 1.807) is 23.7 Å². The third-order valence-corrected chi connectivity index (χ3v) is 6.49. The predicted octanol–water partition coefficient (Wildman–Crippen LogP) is 3.46. The van der Waals surface area contributed by atoms with Crippen molar-refractivity contribution in [1.29, 1.82) is 0 Å². The smallest absolute Gasteiger partial charge is 0.254 e. The lowest BCUT2D eigenvalue weighted by Gasteiger charge is -2.12. The molecule has 2 N–H and O–H groups in total. The summed E-state index contributed by atoms with van der Waals surface area (Å²) in [4.78, 5) is 31.0. The van der Waals surface area contributed by atoms with Gasteiger partial charge in [-0.05, 0) is 55.7 Å². The first-order chi connectivity index (χ1) is 13.7. The zero-order valence-electron chi connectivity index (χ0n) is 15.8. The highest BCUT2D eigenvalue weighted by molar-refractivity contribution is 7.17. The zero-order chi connectivity index (χ0) is 19.3. The summed E-state index contributed by atoms with van der Waals surface area (Å²) in [7, 11) is 0. The summed E-state index contributed by atoms with van der Waals surface area (Å²) in [6.45, 7) is 1.04. The summed E-state index contributed by atoms with van der Waals surface area (Å²) >= 11 is 1.55. The molecule has 0 radical (unpaired) electrons. The van der Waals surface area contributed by atoms with E-state index < -0.39 is 6.10 Å². The fraction of sp³-hybridized carbons (Fsp3) is 0.476. The molecule has 2 aromatic heterocycles. The molecule has 1 aliphatic carbocycles. The molecule has 2 aliphatic rings. The number of nitrogens with zero attached hydrogens (tertiary/aromatic N) is 1. The molecule has 0 saturated carbocycles. The quantitative estimate of drug-likeness (QED) is 0.755. The number of hydrogen-bond donors (Lipinski definition) is 2. The number of ether oxygens (including phenoxy) is 1. The number of rotatable bonds is 5. The summed E-state index contributed by atoms with van der Waals surface area (Å²) in [5, 5.41) is 6.65. The number of amides is 2. The highest BCUT2D eigenvalue weighted by atomic mass is 32.1. The molecule has 7 heteroatoms. The largest absolute Gasteiger partial charge is 0.368 e. The summed E-state index contributed by atoms with van der Waals surface area (Å²) in [6.07, 6.45) is 9.92. The zero-order valence-corrected chi connectivity index (χ0v) is 16.6. The van der Waals surface area contributed by atoms with E-state index in [1.807, 2.05) is 12.1 Å². The van der Waals surface area contributed by atoms with Gasteiger partial charge in [-0.15, -0.1) is 11.3 Å². The molecule has 1 atom stereocenters. The van der Waals surface area contributed by atoms with Gasteiger partial charge >= 0.3 is 0 Å². The van der Waals surface area contributed by atoms with Crippen LogP contribution < -0.4 is 10.6 Å². The maximum atomic E-state index is 13.1. The summed E-state index contributed by atoms with van der Waals surface area (Å²) in [6, 6.07) is 3.78. The Kier molecular flexibility index (Phi) is 6.02. The SMILES string of the molecule is O=C(NCc1cccnc1)c1c(NC(=O)[C@H]2CCCO2)sc2c1CCCCC2. The van der Waals surface area contributed by atoms with Crippen LogP contribution in [-0.4, -0.2) is 29.5 Å². The number of aryl methyl sites for hydroxylation is 1. The van der Waals surface area contributed by atoms with E-state index >= 15 is 0 Å². The van der Waals surface area contributed by atoms with E-state index in [9.17, 15) is 9.59 Å². The van der Waals surface area contributed by atoms with Crippen LogP contribution in [0.3, 0.4) is 0 Å². The Balaban J connectivity index is 1.56. The third-order valence-electron chi connectivity index (χ3n) is 5.28. The van der Waals surface area contributed by atoms with E-state index in [0.29, 0.717) is 23.7 Å². The van der Waals surface area contributed by atoms with Crippen molar-refractivity contribution in [3.8, 4) is 0 Å². The standard InChI is InChI=1S/C21H25N3O3S/c25-19(16-8-5-11-27-16)24-21-18(15-7-2-1-3-9-17(15)28-21)20(26)23-13-14-6-4-10-22-12-14/h4,6,10,12,16H,1-3,5,7-9,11,13H2,(H,23,26)(H,24,25)/t16-/m1/s1. The first kappa shape index (κ1) is 19.1. The van der Waals surface area contributed by atoms with Gasteiger partial charge in [0, 0.05) is 30.4 Å². The van der Waals surface area contributed by atoms with E-state index in [-0.39, 0.29) is 11.8 Å². The summed E-state index contributed by atoms with van der Waals surface area (Å²) in [5.41, 5.74) is 2.69. The Labute approximate surface area is 168 Å². The first-order valence-electron chi connectivity index (χ1n) is 9.96. The number of hydrogen-bond acceptors (Lipinski definition) is 5. The molecule has 6 nitrogen and oxygen atoms in total. The van der Waals surface area contributed by atoms with Crippen molar-refractivity contribution in [3.05, 3.63) is 46.1 Å². The van der Waals surface area contributed by atoms with Gasteiger partial charge in [-0.1, -0.05) is 12.5 Å². The number of nitrogens with one attached hydrogen (secondary N) is 2. The molecule has 1 saturated heterocycles. The van der Waals surface area contributed by atoms with Crippen LogP contribution in [0, 0.1) is 0 Å². The van der Waals surface area contributed by atoms with Gasteiger partial charge in [0.2, 0.25) is 0 Å². The van der Waals surface area contributed by atoms with Gasteiger partial charge in [-0.25, -0.2) is 0 Å². The summed E-state index contributed by atoms with van der Waals surface area (Å²) < 4.78 is 5.50. The van der Waals surface area contributed by atoms with Crippen LogP contribution in [0.2, 0.25) is 0 Å². The predicted molar refractivity (Wildman–Crippen MR) is 109 cm³/mol. The van der Waals surface area contributed by atoms with Gasteiger partial charge in [0.1, 0.15) is 11.1 Å². The van der Waals surface area contributed by atoms with E-state index in [0.717, 1.165) is 49.7 Å². The van der Waals surface area contributed by atoms with Crippen molar-refractivity contribution in [2.75, 3.05) is 11.9 Å². The van der Waals surface area contributed by atoms with Gasteiger partial charge in [0.05, 0.1) is 5.56 Å². The Morgan fingerprint density at radius 2 is 2.11 bits per heavy atom. The Morgan fingerprint density at radius 1 is 1.21 bits per heavy atom. The maximum Gasteiger partial charge on any atom is 0.254 e. The van der Waals surface area contributed by atoms with Gasteiger partial charge < -0.3 is 15.4 Å². The molecule has 2 aromatic rings. The second-order valence-corrected chi connectivity index (χ2v) is 8.41. The molecular formula is C21H25N3O3S.